The van der Waals surface area contributed by atoms with Crippen LogP contribution in [0.25, 0.3) is 0 Å². The van der Waals surface area contributed by atoms with E-state index in [1.165, 1.54) is 0 Å². The van der Waals surface area contributed by atoms with Crippen molar-refractivity contribution in [2.45, 2.75) is 32.9 Å². The Kier molecular flexibility index (Phi) is 6.29. The zero-order valence-electron chi connectivity index (χ0n) is 10.4. The number of hydroxylamine groups is 1. The Morgan fingerprint density at radius 2 is 2.06 bits per heavy atom. The molecule has 0 radical (unpaired) electrons. The van der Waals surface area contributed by atoms with Gasteiger partial charge < -0.3 is 5.32 Å². The number of rotatable bonds is 7. The predicted molar refractivity (Wildman–Crippen MR) is 67.1 cm³/mol. The van der Waals surface area contributed by atoms with Gasteiger partial charge in [-0.05, 0) is 19.0 Å². The Morgan fingerprint density at radius 3 is 2.71 bits per heavy atom. The molecule has 1 atom stereocenters. The SMILES string of the molecule is CCNC(C)CC(=O)NOCc1ccccc1. The predicted octanol–water partition coefficient (Wildman–Crippen LogP) is 1.62. The lowest BCUT2D eigenvalue weighted by Gasteiger charge is -2.11. The molecule has 1 unspecified atom stereocenters. The number of nitrogens with one attached hydrogen (secondary N) is 2. The van der Waals surface area contributed by atoms with E-state index >= 15 is 0 Å². The highest BCUT2D eigenvalue weighted by Gasteiger charge is 2.07. The molecule has 0 saturated heterocycles. The van der Waals surface area contributed by atoms with E-state index in [1.54, 1.807) is 0 Å². The van der Waals surface area contributed by atoms with E-state index in [-0.39, 0.29) is 11.9 Å². The van der Waals surface area contributed by atoms with Gasteiger partial charge in [-0.3, -0.25) is 9.63 Å². The van der Waals surface area contributed by atoms with Gasteiger partial charge in [0.1, 0.15) is 0 Å². The van der Waals surface area contributed by atoms with Crippen LogP contribution in [0.2, 0.25) is 0 Å². The van der Waals surface area contributed by atoms with Crippen LogP contribution in [0.5, 0.6) is 0 Å². The summed E-state index contributed by atoms with van der Waals surface area (Å²) in [6.07, 6.45) is 0.419. The van der Waals surface area contributed by atoms with E-state index in [0.717, 1.165) is 12.1 Å². The monoisotopic (exact) mass is 236 g/mol. The van der Waals surface area contributed by atoms with Gasteiger partial charge in [-0.25, -0.2) is 5.48 Å². The second kappa shape index (κ2) is 7.81. The summed E-state index contributed by atoms with van der Waals surface area (Å²) in [5.41, 5.74) is 3.48. The van der Waals surface area contributed by atoms with Crippen molar-refractivity contribution >= 4 is 5.91 Å². The molecule has 0 aromatic heterocycles. The molecule has 0 aliphatic rings. The van der Waals surface area contributed by atoms with Gasteiger partial charge in [0.05, 0.1) is 6.61 Å². The van der Waals surface area contributed by atoms with Gasteiger partial charge in [0.25, 0.3) is 0 Å². The number of hydrogen-bond donors (Lipinski definition) is 2. The maximum atomic E-state index is 11.4. The van der Waals surface area contributed by atoms with Crippen molar-refractivity contribution in [2.24, 2.45) is 0 Å². The van der Waals surface area contributed by atoms with Crippen LogP contribution >= 0.6 is 0 Å². The molecular formula is C13H20N2O2. The van der Waals surface area contributed by atoms with E-state index in [9.17, 15) is 4.79 Å². The quantitative estimate of drug-likeness (QED) is 0.707. The van der Waals surface area contributed by atoms with Gasteiger partial charge in [0, 0.05) is 12.5 Å². The fourth-order valence-electron chi connectivity index (χ4n) is 1.51. The van der Waals surface area contributed by atoms with Crippen LogP contribution in [0, 0.1) is 0 Å². The molecule has 0 fully saturated rings. The molecule has 0 aliphatic heterocycles. The third-order valence-corrected chi connectivity index (χ3v) is 2.31. The highest BCUT2D eigenvalue weighted by molar-refractivity contribution is 5.75. The molecule has 0 bridgehead atoms. The molecule has 0 saturated carbocycles. The number of hydrogen-bond acceptors (Lipinski definition) is 3. The Hall–Kier alpha value is -1.39. The molecule has 2 N–H and O–H groups in total. The first-order valence-electron chi connectivity index (χ1n) is 5.90. The number of amides is 1. The van der Waals surface area contributed by atoms with Crippen LogP contribution in [0.4, 0.5) is 0 Å². The van der Waals surface area contributed by atoms with Gasteiger partial charge in [-0.1, -0.05) is 37.3 Å². The molecule has 1 amide bonds. The lowest BCUT2D eigenvalue weighted by Crippen LogP contribution is -2.33. The molecule has 4 nitrogen and oxygen atoms in total. The van der Waals surface area contributed by atoms with E-state index in [2.05, 4.69) is 10.8 Å². The highest BCUT2D eigenvalue weighted by atomic mass is 16.6. The number of carbonyl (C=O) groups is 1. The Balaban J connectivity index is 2.16. The Labute approximate surface area is 102 Å². The fraction of sp³-hybridized carbons (Fsp3) is 0.462. The maximum absolute atomic E-state index is 11.4. The van der Waals surface area contributed by atoms with Crippen molar-refractivity contribution in [1.82, 2.24) is 10.8 Å². The van der Waals surface area contributed by atoms with Crippen molar-refractivity contribution < 1.29 is 9.63 Å². The average Bonchev–Trinajstić information content (AvgIpc) is 2.30. The normalized spacial score (nSPS) is 12.1. The molecule has 0 heterocycles. The summed E-state index contributed by atoms with van der Waals surface area (Å²) in [7, 11) is 0. The minimum atomic E-state index is -0.102. The summed E-state index contributed by atoms with van der Waals surface area (Å²) >= 11 is 0. The summed E-state index contributed by atoms with van der Waals surface area (Å²) in [5, 5.41) is 3.17. The van der Waals surface area contributed by atoms with Crippen molar-refractivity contribution in [3.8, 4) is 0 Å². The minimum absolute atomic E-state index is 0.102. The molecule has 4 heteroatoms. The second-order valence-corrected chi connectivity index (χ2v) is 3.96. The van der Waals surface area contributed by atoms with E-state index in [0.29, 0.717) is 13.0 Å². The third kappa shape index (κ3) is 6.04. The fourth-order valence-corrected chi connectivity index (χ4v) is 1.51. The van der Waals surface area contributed by atoms with Crippen LogP contribution in [-0.2, 0) is 16.2 Å². The lowest BCUT2D eigenvalue weighted by atomic mass is 10.2. The van der Waals surface area contributed by atoms with Crippen LogP contribution < -0.4 is 10.8 Å². The standard InChI is InChI=1S/C13H20N2O2/c1-3-14-11(2)9-13(16)15-17-10-12-7-5-4-6-8-12/h4-8,11,14H,3,9-10H2,1-2H3,(H,15,16). The average molecular weight is 236 g/mol. The molecule has 1 aromatic rings. The smallest absolute Gasteiger partial charge is 0.245 e. The van der Waals surface area contributed by atoms with Gasteiger partial charge in [-0.15, -0.1) is 0 Å². The summed E-state index contributed by atoms with van der Waals surface area (Å²) in [6, 6.07) is 9.89. The Morgan fingerprint density at radius 1 is 1.35 bits per heavy atom. The van der Waals surface area contributed by atoms with Gasteiger partial charge >= 0.3 is 0 Å². The number of carbonyl (C=O) groups excluding carboxylic acids is 1. The summed E-state index contributed by atoms with van der Waals surface area (Å²) in [4.78, 5) is 16.6. The van der Waals surface area contributed by atoms with Gasteiger partial charge in [-0.2, -0.15) is 0 Å². The molecule has 94 valence electrons. The van der Waals surface area contributed by atoms with Crippen molar-refractivity contribution in [3.05, 3.63) is 35.9 Å². The topological polar surface area (TPSA) is 50.4 Å². The van der Waals surface area contributed by atoms with E-state index in [4.69, 9.17) is 4.84 Å². The van der Waals surface area contributed by atoms with Gasteiger partial charge in [0.2, 0.25) is 5.91 Å². The minimum Gasteiger partial charge on any atom is -0.314 e. The first-order chi connectivity index (χ1) is 8.22. The Bertz CT molecular complexity index is 327. The first kappa shape index (κ1) is 13.7. The lowest BCUT2D eigenvalue weighted by molar-refractivity contribution is -0.135. The molecule has 1 rings (SSSR count). The second-order valence-electron chi connectivity index (χ2n) is 3.96. The van der Waals surface area contributed by atoms with Crippen LogP contribution in [0.15, 0.2) is 30.3 Å². The van der Waals surface area contributed by atoms with E-state index < -0.39 is 0 Å². The van der Waals surface area contributed by atoms with E-state index in [1.807, 2.05) is 44.2 Å². The zero-order valence-corrected chi connectivity index (χ0v) is 10.4. The summed E-state index contributed by atoms with van der Waals surface area (Å²) in [5.74, 6) is -0.102. The van der Waals surface area contributed by atoms with Crippen molar-refractivity contribution in [3.63, 3.8) is 0 Å². The number of benzene rings is 1. The molecular weight excluding hydrogens is 216 g/mol. The van der Waals surface area contributed by atoms with Crippen molar-refractivity contribution in [1.29, 1.82) is 0 Å². The van der Waals surface area contributed by atoms with Gasteiger partial charge in [0.15, 0.2) is 0 Å². The summed E-state index contributed by atoms with van der Waals surface area (Å²) in [6.45, 7) is 5.24. The largest absolute Gasteiger partial charge is 0.314 e. The third-order valence-electron chi connectivity index (χ3n) is 2.31. The summed E-state index contributed by atoms with van der Waals surface area (Å²) < 4.78 is 0. The molecule has 0 aliphatic carbocycles. The molecule has 17 heavy (non-hydrogen) atoms. The maximum Gasteiger partial charge on any atom is 0.245 e. The van der Waals surface area contributed by atoms with Crippen LogP contribution in [0.1, 0.15) is 25.8 Å². The van der Waals surface area contributed by atoms with Crippen LogP contribution in [-0.4, -0.2) is 18.5 Å². The van der Waals surface area contributed by atoms with Crippen LogP contribution in [0.3, 0.4) is 0 Å². The molecule has 0 spiro atoms. The zero-order chi connectivity index (χ0) is 12.5. The van der Waals surface area contributed by atoms with Crippen molar-refractivity contribution in [2.75, 3.05) is 6.54 Å². The first-order valence-corrected chi connectivity index (χ1v) is 5.90. The highest BCUT2D eigenvalue weighted by Crippen LogP contribution is 1.99. The molecule has 1 aromatic carbocycles.